The fraction of sp³-hybridized carbons (Fsp3) is 0.600. The second-order valence-corrected chi connectivity index (χ2v) is 5.69. The highest BCUT2D eigenvalue weighted by molar-refractivity contribution is 5.34. The standard InChI is InChI=1S/C15H24O/c1-6-15(5,16)11-9-13-12(2)8-7-10-14(13,3)4/h6,9,11,16H,1,7-8,10H2,2-5H3. The van der Waals surface area contributed by atoms with Gasteiger partial charge in [-0.1, -0.05) is 38.2 Å². The van der Waals surface area contributed by atoms with Crippen LogP contribution in [-0.2, 0) is 0 Å². The van der Waals surface area contributed by atoms with Crippen LogP contribution < -0.4 is 0 Å². The van der Waals surface area contributed by atoms with Crippen LogP contribution in [0.2, 0.25) is 0 Å². The zero-order valence-corrected chi connectivity index (χ0v) is 11.0. The summed E-state index contributed by atoms with van der Waals surface area (Å²) in [6.07, 6.45) is 9.16. The van der Waals surface area contributed by atoms with E-state index in [-0.39, 0.29) is 5.41 Å². The van der Waals surface area contributed by atoms with Crippen LogP contribution in [-0.4, -0.2) is 10.7 Å². The molecule has 1 nitrogen and oxygen atoms in total. The van der Waals surface area contributed by atoms with E-state index in [0.717, 1.165) is 0 Å². The summed E-state index contributed by atoms with van der Waals surface area (Å²) in [6, 6.07) is 0. The Labute approximate surface area is 99.6 Å². The van der Waals surface area contributed by atoms with Crippen LogP contribution in [0.15, 0.2) is 36.0 Å². The molecule has 0 amide bonds. The van der Waals surface area contributed by atoms with Crippen LogP contribution >= 0.6 is 0 Å². The van der Waals surface area contributed by atoms with E-state index in [1.54, 1.807) is 13.0 Å². The van der Waals surface area contributed by atoms with Crippen LogP contribution in [0.3, 0.4) is 0 Å². The van der Waals surface area contributed by atoms with Crippen molar-refractivity contribution in [1.82, 2.24) is 0 Å². The van der Waals surface area contributed by atoms with Gasteiger partial charge in [0.2, 0.25) is 0 Å². The van der Waals surface area contributed by atoms with E-state index >= 15 is 0 Å². The monoisotopic (exact) mass is 220 g/mol. The molecule has 0 aliphatic heterocycles. The van der Waals surface area contributed by atoms with Gasteiger partial charge in [0, 0.05) is 0 Å². The summed E-state index contributed by atoms with van der Waals surface area (Å²) in [5, 5.41) is 9.88. The Balaban J connectivity index is 2.98. The van der Waals surface area contributed by atoms with Crippen LogP contribution in [0.5, 0.6) is 0 Å². The van der Waals surface area contributed by atoms with E-state index in [9.17, 15) is 5.11 Å². The van der Waals surface area contributed by atoms with E-state index < -0.39 is 5.60 Å². The average Bonchev–Trinajstić information content (AvgIpc) is 2.16. The van der Waals surface area contributed by atoms with Gasteiger partial charge in [0.1, 0.15) is 0 Å². The van der Waals surface area contributed by atoms with Gasteiger partial charge in [-0.3, -0.25) is 0 Å². The first-order chi connectivity index (χ1) is 7.28. The van der Waals surface area contributed by atoms with E-state index in [4.69, 9.17) is 0 Å². The van der Waals surface area contributed by atoms with Gasteiger partial charge in [-0.2, -0.15) is 0 Å². The summed E-state index contributed by atoms with van der Waals surface area (Å²) in [4.78, 5) is 0. The average molecular weight is 220 g/mol. The number of hydrogen-bond donors (Lipinski definition) is 1. The Kier molecular flexibility index (Phi) is 3.80. The maximum atomic E-state index is 9.88. The lowest BCUT2D eigenvalue weighted by molar-refractivity contribution is 0.164. The molecule has 0 saturated heterocycles. The normalized spacial score (nSPS) is 24.6. The molecule has 1 N–H and O–H groups in total. The van der Waals surface area contributed by atoms with Gasteiger partial charge >= 0.3 is 0 Å². The van der Waals surface area contributed by atoms with Gasteiger partial charge in [-0.05, 0) is 50.2 Å². The number of rotatable bonds is 3. The smallest absolute Gasteiger partial charge is 0.0981 e. The minimum absolute atomic E-state index is 0.232. The largest absolute Gasteiger partial charge is 0.382 e. The maximum Gasteiger partial charge on any atom is 0.0981 e. The minimum Gasteiger partial charge on any atom is -0.382 e. The molecule has 1 aliphatic rings. The number of allylic oxidation sites excluding steroid dienone is 3. The van der Waals surface area contributed by atoms with Crippen LogP contribution in [0, 0.1) is 5.41 Å². The molecule has 1 aliphatic carbocycles. The lowest BCUT2D eigenvalue weighted by Crippen LogP contribution is -2.21. The molecule has 0 aromatic rings. The first kappa shape index (κ1) is 13.2. The zero-order valence-electron chi connectivity index (χ0n) is 11.0. The van der Waals surface area contributed by atoms with Gasteiger partial charge in [-0.15, -0.1) is 0 Å². The molecule has 0 aromatic carbocycles. The quantitative estimate of drug-likeness (QED) is 0.713. The van der Waals surface area contributed by atoms with Gasteiger partial charge < -0.3 is 5.11 Å². The molecule has 0 spiro atoms. The molecule has 0 aromatic heterocycles. The second-order valence-electron chi connectivity index (χ2n) is 5.69. The Hall–Kier alpha value is -0.820. The molecular formula is C15H24O. The van der Waals surface area contributed by atoms with Gasteiger partial charge in [0.15, 0.2) is 0 Å². The molecule has 0 bridgehead atoms. The van der Waals surface area contributed by atoms with Gasteiger partial charge in [0.25, 0.3) is 0 Å². The Morgan fingerprint density at radius 2 is 2.06 bits per heavy atom. The van der Waals surface area contributed by atoms with Crippen molar-refractivity contribution in [1.29, 1.82) is 0 Å². The predicted molar refractivity (Wildman–Crippen MR) is 70.3 cm³/mol. The highest BCUT2D eigenvalue weighted by atomic mass is 16.3. The third-order valence-electron chi connectivity index (χ3n) is 3.54. The SMILES string of the molecule is C=CC(C)(O)C=CC1=C(C)CCCC1(C)C. The van der Waals surface area contributed by atoms with Crippen molar-refractivity contribution in [3.63, 3.8) is 0 Å². The van der Waals surface area contributed by atoms with Crippen molar-refractivity contribution in [3.8, 4) is 0 Å². The third-order valence-corrected chi connectivity index (χ3v) is 3.54. The molecule has 0 heterocycles. The molecule has 1 unspecified atom stereocenters. The van der Waals surface area contributed by atoms with Crippen molar-refractivity contribution in [3.05, 3.63) is 36.0 Å². The predicted octanol–water partition coefficient (Wildman–Crippen LogP) is 4.01. The number of hydrogen-bond acceptors (Lipinski definition) is 1. The minimum atomic E-state index is -0.902. The topological polar surface area (TPSA) is 20.2 Å². The van der Waals surface area contributed by atoms with Crippen LogP contribution in [0.25, 0.3) is 0 Å². The van der Waals surface area contributed by atoms with E-state index in [1.807, 2.05) is 6.08 Å². The molecule has 1 atom stereocenters. The molecule has 0 fully saturated rings. The zero-order chi connectivity index (χ0) is 12.4. The fourth-order valence-electron chi connectivity index (χ4n) is 2.33. The molecule has 0 saturated carbocycles. The molecular weight excluding hydrogens is 196 g/mol. The summed E-state index contributed by atoms with van der Waals surface area (Å²) in [5.41, 5.74) is 2.16. The Bertz CT molecular complexity index is 329. The first-order valence-corrected chi connectivity index (χ1v) is 6.04. The van der Waals surface area contributed by atoms with Gasteiger partial charge in [0.05, 0.1) is 5.60 Å². The lowest BCUT2D eigenvalue weighted by atomic mass is 9.72. The molecule has 0 radical (unpaired) electrons. The Morgan fingerprint density at radius 3 is 2.56 bits per heavy atom. The molecule has 90 valence electrons. The molecule has 1 heteroatoms. The summed E-state index contributed by atoms with van der Waals surface area (Å²) in [5.74, 6) is 0. The summed E-state index contributed by atoms with van der Waals surface area (Å²) in [7, 11) is 0. The third kappa shape index (κ3) is 3.08. The second kappa shape index (κ2) is 4.58. The van der Waals surface area contributed by atoms with E-state index in [2.05, 4.69) is 33.4 Å². The van der Waals surface area contributed by atoms with E-state index in [0.29, 0.717) is 0 Å². The van der Waals surface area contributed by atoms with Gasteiger partial charge in [-0.25, -0.2) is 0 Å². The first-order valence-electron chi connectivity index (χ1n) is 6.04. The summed E-state index contributed by atoms with van der Waals surface area (Å²) >= 11 is 0. The van der Waals surface area contributed by atoms with Crippen LogP contribution in [0.4, 0.5) is 0 Å². The van der Waals surface area contributed by atoms with Crippen molar-refractivity contribution in [2.45, 2.75) is 52.6 Å². The number of aliphatic hydroxyl groups is 1. The van der Waals surface area contributed by atoms with E-state index in [1.165, 1.54) is 30.4 Å². The lowest BCUT2D eigenvalue weighted by Gasteiger charge is -2.33. The molecule has 1 rings (SSSR count). The summed E-state index contributed by atoms with van der Waals surface area (Å²) < 4.78 is 0. The highest BCUT2D eigenvalue weighted by Crippen LogP contribution is 2.40. The van der Waals surface area contributed by atoms with Crippen molar-refractivity contribution < 1.29 is 5.11 Å². The van der Waals surface area contributed by atoms with Crippen molar-refractivity contribution in [2.75, 3.05) is 0 Å². The van der Waals surface area contributed by atoms with Crippen molar-refractivity contribution in [2.24, 2.45) is 5.41 Å². The Morgan fingerprint density at radius 1 is 1.44 bits per heavy atom. The highest BCUT2D eigenvalue weighted by Gasteiger charge is 2.27. The van der Waals surface area contributed by atoms with Crippen LogP contribution in [0.1, 0.15) is 47.0 Å². The van der Waals surface area contributed by atoms with Crippen molar-refractivity contribution >= 4 is 0 Å². The fourth-order valence-corrected chi connectivity index (χ4v) is 2.33. The maximum absolute atomic E-state index is 9.88. The summed E-state index contributed by atoms with van der Waals surface area (Å²) in [6.45, 7) is 12.1. The molecule has 16 heavy (non-hydrogen) atoms.